The lowest BCUT2D eigenvalue weighted by Gasteiger charge is -2.29. The number of aromatic nitrogens is 1. The standard InChI is InChI=1S/C17H23N3O3/c21-15(10-19-13-2-5-20(22)6-3-13)17-9-12-7-14-11(1-4-18-14)8-16(12)23-17/h1,4,7-8,13,15,17-19,21-22H,2-3,5-6,9-10H2. The van der Waals surface area contributed by atoms with Crippen molar-refractivity contribution >= 4 is 10.9 Å². The minimum atomic E-state index is -0.534. The van der Waals surface area contributed by atoms with E-state index in [4.69, 9.17) is 4.74 Å². The molecule has 6 heteroatoms. The molecule has 3 heterocycles. The lowest BCUT2D eigenvalue weighted by atomic mass is 10.0. The van der Waals surface area contributed by atoms with E-state index in [-0.39, 0.29) is 6.10 Å². The highest BCUT2D eigenvalue weighted by molar-refractivity contribution is 5.82. The van der Waals surface area contributed by atoms with E-state index in [2.05, 4.69) is 16.4 Å². The third-order valence-electron chi connectivity index (χ3n) is 4.95. The van der Waals surface area contributed by atoms with Crippen LogP contribution >= 0.6 is 0 Å². The van der Waals surface area contributed by atoms with Crippen molar-refractivity contribution < 1.29 is 15.1 Å². The fourth-order valence-corrected chi connectivity index (χ4v) is 3.52. The summed E-state index contributed by atoms with van der Waals surface area (Å²) in [4.78, 5) is 3.21. The number of rotatable bonds is 4. The predicted molar refractivity (Wildman–Crippen MR) is 86.8 cm³/mol. The number of piperidine rings is 1. The first kappa shape index (κ1) is 15.0. The summed E-state index contributed by atoms with van der Waals surface area (Å²) < 4.78 is 5.95. The van der Waals surface area contributed by atoms with Gasteiger partial charge in [-0.2, -0.15) is 5.06 Å². The molecule has 23 heavy (non-hydrogen) atoms. The Hall–Kier alpha value is -1.60. The number of H-pyrrole nitrogens is 1. The molecule has 0 amide bonds. The van der Waals surface area contributed by atoms with Gasteiger partial charge in [-0.3, -0.25) is 0 Å². The molecule has 2 atom stereocenters. The number of aliphatic hydroxyl groups excluding tert-OH is 1. The number of aromatic amines is 1. The molecule has 1 aromatic heterocycles. The largest absolute Gasteiger partial charge is 0.487 e. The fraction of sp³-hybridized carbons (Fsp3) is 0.529. The van der Waals surface area contributed by atoms with Crippen molar-refractivity contribution in [2.24, 2.45) is 0 Å². The number of hydrogen-bond donors (Lipinski definition) is 4. The minimum Gasteiger partial charge on any atom is -0.487 e. The smallest absolute Gasteiger partial charge is 0.130 e. The van der Waals surface area contributed by atoms with E-state index in [1.807, 2.05) is 18.3 Å². The average Bonchev–Trinajstić information content (AvgIpc) is 3.17. The van der Waals surface area contributed by atoms with Gasteiger partial charge >= 0.3 is 0 Å². The second-order valence-electron chi connectivity index (χ2n) is 6.59. The number of ether oxygens (including phenoxy) is 1. The lowest BCUT2D eigenvalue weighted by molar-refractivity contribution is -0.108. The Kier molecular flexibility index (Phi) is 3.98. The van der Waals surface area contributed by atoms with Crippen molar-refractivity contribution in [1.29, 1.82) is 0 Å². The van der Waals surface area contributed by atoms with Gasteiger partial charge in [0.2, 0.25) is 0 Å². The molecule has 0 saturated carbocycles. The second kappa shape index (κ2) is 6.13. The van der Waals surface area contributed by atoms with Gasteiger partial charge in [0.1, 0.15) is 18.0 Å². The highest BCUT2D eigenvalue weighted by Gasteiger charge is 2.30. The molecule has 1 fully saturated rings. The molecule has 4 rings (SSSR count). The SMILES string of the molecule is OC(CNC1CCN(O)CC1)C1Cc2cc3[nH]ccc3cc2O1. The van der Waals surface area contributed by atoms with Gasteiger partial charge in [-0.1, -0.05) is 0 Å². The van der Waals surface area contributed by atoms with Crippen molar-refractivity contribution in [2.75, 3.05) is 19.6 Å². The van der Waals surface area contributed by atoms with Crippen LogP contribution < -0.4 is 10.1 Å². The number of aliphatic hydroxyl groups is 1. The van der Waals surface area contributed by atoms with Crippen molar-refractivity contribution in [1.82, 2.24) is 15.4 Å². The van der Waals surface area contributed by atoms with Crippen molar-refractivity contribution in [2.45, 2.75) is 37.5 Å². The first-order chi connectivity index (χ1) is 11.2. The number of hydroxylamine groups is 2. The molecule has 1 saturated heterocycles. The number of benzene rings is 1. The lowest BCUT2D eigenvalue weighted by Crippen LogP contribution is -2.46. The van der Waals surface area contributed by atoms with Crippen LogP contribution in [0.2, 0.25) is 0 Å². The first-order valence-electron chi connectivity index (χ1n) is 8.31. The minimum absolute atomic E-state index is 0.193. The molecule has 1 aromatic carbocycles. The summed E-state index contributed by atoms with van der Waals surface area (Å²) in [6.45, 7) is 1.89. The van der Waals surface area contributed by atoms with E-state index in [1.165, 1.54) is 5.06 Å². The number of nitrogens with one attached hydrogen (secondary N) is 2. The molecule has 0 spiro atoms. The highest BCUT2D eigenvalue weighted by atomic mass is 16.5. The quantitative estimate of drug-likeness (QED) is 0.683. The van der Waals surface area contributed by atoms with Crippen LogP contribution in [0.15, 0.2) is 24.4 Å². The van der Waals surface area contributed by atoms with Crippen LogP contribution in [-0.2, 0) is 6.42 Å². The van der Waals surface area contributed by atoms with E-state index in [0.717, 1.165) is 41.5 Å². The molecule has 2 unspecified atom stereocenters. The van der Waals surface area contributed by atoms with Crippen LogP contribution in [0.4, 0.5) is 0 Å². The van der Waals surface area contributed by atoms with Crippen LogP contribution in [0.25, 0.3) is 10.9 Å². The van der Waals surface area contributed by atoms with Crippen LogP contribution in [0, 0.1) is 0 Å². The summed E-state index contributed by atoms with van der Waals surface area (Å²) in [7, 11) is 0. The zero-order valence-electron chi connectivity index (χ0n) is 13.0. The number of hydrogen-bond acceptors (Lipinski definition) is 5. The molecular formula is C17H23N3O3. The third kappa shape index (κ3) is 3.07. The molecule has 4 N–H and O–H groups in total. The normalized spacial score (nSPS) is 23.8. The molecule has 124 valence electrons. The van der Waals surface area contributed by atoms with Crippen molar-refractivity contribution in [3.8, 4) is 5.75 Å². The third-order valence-corrected chi connectivity index (χ3v) is 4.95. The summed E-state index contributed by atoms with van der Waals surface area (Å²) in [6.07, 6.45) is 3.74. The van der Waals surface area contributed by atoms with Crippen molar-refractivity contribution in [3.05, 3.63) is 30.0 Å². The van der Waals surface area contributed by atoms with E-state index < -0.39 is 6.10 Å². The predicted octanol–water partition coefficient (Wildman–Crippen LogP) is 1.28. The summed E-state index contributed by atoms with van der Waals surface area (Å²) in [5.74, 6) is 0.884. The van der Waals surface area contributed by atoms with Gasteiger partial charge in [0.15, 0.2) is 0 Å². The molecule has 2 aliphatic heterocycles. The molecule has 0 radical (unpaired) electrons. The fourth-order valence-electron chi connectivity index (χ4n) is 3.52. The Balaban J connectivity index is 1.34. The Morgan fingerprint density at radius 3 is 3.00 bits per heavy atom. The number of nitrogens with zero attached hydrogens (tertiary/aromatic N) is 1. The molecule has 6 nitrogen and oxygen atoms in total. The monoisotopic (exact) mass is 317 g/mol. The maximum atomic E-state index is 10.4. The Morgan fingerprint density at radius 1 is 1.35 bits per heavy atom. The van der Waals surface area contributed by atoms with Crippen LogP contribution in [0.3, 0.4) is 0 Å². The van der Waals surface area contributed by atoms with Crippen LogP contribution in [0.1, 0.15) is 18.4 Å². The van der Waals surface area contributed by atoms with Gasteiger partial charge in [0.05, 0.1) is 0 Å². The topological polar surface area (TPSA) is 80.8 Å². The summed E-state index contributed by atoms with van der Waals surface area (Å²) in [5, 5.41) is 25.7. The van der Waals surface area contributed by atoms with E-state index in [0.29, 0.717) is 25.7 Å². The second-order valence-corrected chi connectivity index (χ2v) is 6.59. The van der Waals surface area contributed by atoms with Crippen LogP contribution in [0.5, 0.6) is 5.75 Å². The summed E-state index contributed by atoms with van der Waals surface area (Å²) in [5.41, 5.74) is 2.26. The molecule has 2 aromatic rings. The molecule has 2 aliphatic rings. The van der Waals surface area contributed by atoms with Gasteiger partial charge < -0.3 is 25.4 Å². The van der Waals surface area contributed by atoms with Crippen LogP contribution in [-0.4, -0.2) is 58.2 Å². The zero-order valence-corrected chi connectivity index (χ0v) is 13.0. The Morgan fingerprint density at radius 2 is 2.17 bits per heavy atom. The van der Waals surface area contributed by atoms with E-state index in [1.54, 1.807) is 0 Å². The summed E-state index contributed by atoms with van der Waals surface area (Å²) >= 11 is 0. The summed E-state index contributed by atoms with van der Waals surface area (Å²) in [6, 6.07) is 6.53. The Bertz CT molecular complexity index is 639. The van der Waals surface area contributed by atoms with Gasteiger partial charge in [-0.05, 0) is 31.0 Å². The molecule has 0 bridgehead atoms. The van der Waals surface area contributed by atoms with E-state index >= 15 is 0 Å². The Labute approximate surface area is 135 Å². The maximum absolute atomic E-state index is 10.4. The van der Waals surface area contributed by atoms with E-state index in [9.17, 15) is 10.3 Å². The molecule has 0 aliphatic carbocycles. The van der Waals surface area contributed by atoms with Crippen molar-refractivity contribution in [3.63, 3.8) is 0 Å². The van der Waals surface area contributed by atoms with Gasteiger partial charge in [0.25, 0.3) is 0 Å². The average molecular weight is 317 g/mol. The zero-order chi connectivity index (χ0) is 15.8. The molecular weight excluding hydrogens is 294 g/mol. The first-order valence-corrected chi connectivity index (χ1v) is 8.31. The highest BCUT2D eigenvalue weighted by Crippen LogP contribution is 2.33. The maximum Gasteiger partial charge on any atom is 0.130 e. The van der Waals surface area contributed by atoms with Gasteiger partial charge in [0, 0.05) is 54.8 Å². The van der Waals surface area contributed by atoms with Gasteiger partial charge in [-0.15, -0.1) is 0 Å². The van der Waals surface area contributed by atoms with Gasteiger partial charge in [-0.25, -0.2) is 0 Å². The number of fused-ring (bicyclic) bond motifs is 2.